The molecule has 5 heteroatoms. The van der Waals surface area contributed by atoms with E-state index in [-0.39, 0.29) is 0 Å². The van der Waals surface area contributed by atoms with E-state index < -0.39 is 5.97 Å². The van der Waals surface area contributed by atoms with Gasteiger partial charge in [-0.1, -0.05) is 6.92 Å². The van der Waals surface area contributed by atoms with Crippen molar-refractivity contribution >= 4 is 17.3 Å². The Morgan fingerprint density at radius 1 is 1.44 bits per heavy atom. The van der Waals surface area contributed by atoms with Crippen molar-refractivity contribution in [3.8, 4) is 10.6 Å². The van der Waals surface area contributed by atoms with Gasteiger partial charge in [0, 0.05) is 18.0 Å². The van der Waals surface area contributed by atoms with Gasteiger partial charge in [-0.15, -0.1) is 11.3 Å². The van der Waals surface area contributed by atoms with E-state index in [0.29, 0.717) is 17.0 Å². The van der Waals surface area contributed by atoms with E-state index in [9.17, 15) is 4.79 Å². The molecule has 0 spiro atoms. The molecule has 0 radical (unpaired) electrons. The number of aromatic nitrogens is 2. The smallest absolute Gasteiger partial charge is 0.347 e. The third kappa shape index (κ3) is 1.94. The van der Waals surface area contributed by atoms with E-state index in [1.165, 1.54) is 11.3 Å². The number of nitrogens with zero attached hydrogens (tertiary/aromatic N) is 2. The molecule has 82 valence electrons. The van der Waals surface area contributed by atoms with Gasteiger partial charge in [0.15, 0.2) is 0 Å². The van der Waals surface area contributed by atoms with Gasteiger partial charge in [-0.25, -0.2) is 9.78 Å². The number of rotatable bonds is 3. The van der Waals surface area contributed by atoms with Gasteiger partial charge in [0.05, 0.1) is 5.69 Å². The first kappa shape index (κ1) is 10.8. The van der Waals surface area contributed by atoms with Gasteiger partial charge >= 0.3 is 5.97 Å². The number of pyridine rings is 1. The molecule has 2 aromatic heterocycles. The Balaban J connectivity index is 2.48. The molecule has 0 saturated heterocycles. The highest BCUT2D eigenvalue weighted by molar-refractivity contribution is 7.17. The van der Waals surface area contributed by atoms with Crippen LogP contribution in [0.3, 0.4) is 0 Å². The Morgan fingerprint density at radius 2 is 2.12 bits per heavy atom. The minimum Gasteiger partial charge on any atom is -0.477 e. The number of hydrogen-bond donors (Lipinski definition) is 1. The normalized spacial score (nSPS) is 10.3. The van der Waals surface area contributed by atoms with Crippen LogP contribution in [-0.2, 0) is 6.42 Å². The highest BCUT2D eigenvalue weighted by Crippen LogP contribution is 2.27. The average molecular weight is 234 g/mol. The number of aryl methyl sites for hydroxylation is 1. The number of thiazole rings is 1. The maximum Gasteiger partial charge on any atom is 0.347 e. The summed E-state index contributed by atoms with van der Waals surface area (Å²) in [6.45, 7) is 1.90. The van der Waals surface area contributed by atoms with Crippen LogP contribution in [0.1, 0.15) is 22.3 Å². The number of hydrogen-bond acceptors (Lipinski definition) is 4. The molecule has 0 fully saturated rings. The lowest BCUT2D eigenvalue weighted by Crippen LogP contribution is -1.97. The minimum atomic E-state index is -0.908. The fraction of sp³-hybridized carbons (Fsp3) is 0.182. The highest BCUT2D eigenvalue weighted by atomic mass is 32.1. The number of carbonyl (C=O) groups is 1. The molecule has 0 aliphatic carbocycles. The molecule has 0 amide bonds. The van der Waals surface area contributed by atoms with E-state index in [2.05, 4.69) is 9.97 Å². The summed E-state index contributed by atoms with van der Waals surface area (Å²) in [6, 6.07) is 3.65. The van der Waals surface area contributed by atoms with Crippen LogP contribution in [0.15, 0.2) is 24.5 Å². The highest BCUT2D eigenvalue weighted by Gasteiger charge is 2.16. The molecule has 0 aliphatic rings. The summed E-state index contributed by atoms with van der Waals surface area (Å²) in [6.07, 6.45) is 3.97. The zero-order valence-electron chi connectivity index (χ0n) is 8.67. The van der Waals surface area contributed by atoms with Crippen LogP contribution in [-0.4, -0.2) is 21.0 Å². The second-order valence-corrected chi connectivity index (χ2v) is 4.19. The molecule has 2 rings (SSSR count). The average Bonchev–Trinajstić information content (AvgIpc) is 2.74. The summed E-state index contributed by atoms with van der Waals surface area (Å²) in [7, 11) is 0. The van der Waals surface area contributed by atoms with E-state index in [1.807, 2.05) is 19.1 Å². The second kappa shape index (κ2) is 4.40. The van der Waals surface area contributed by atoms with E-state index >= 15 is 0 Å². The summed E-state index contributed by atoms with van der Waals surface area (Å²) in [4.78, 5) is 19.6. The van der Waals surface area contributed by atoms with Gasteiger partial charge < -0.3 is 5.11 Å². The Kier molecular flexibility index (Phi) is 2.96. The van der Waals surface area contributed by atoms with Crippen molar-refractivity contribution in [1.29, 1.82) is 0 Å². The SMILES string of the molecule is CCc1nc(-c2ccncc2)sc1C(=O)O. The van der Waals surface area contributed by atoms with Crippen molar-refractivity contribution in [1.82, 2.24) is 9.97 Å². The van der Waals surface area contributed by atoms with E-state index in [1.54, 1.807) is 12.4 Å². The molecular weight excluding hydrogens is 224 g/mol. The van der Waals surface area contributed by atoms with Crippen LogP contribution < -0.4 is 0 Å². The van der Waals surface area contributed by atoms with Crippen LogP contribution in [0.4, 0.5) is 0 Å². The predicted octanol–water partition coefficient (Wildman–Crippen LogP) is 2.47. The molecule has 0 aromatic carbocycles. The third-order valence-electron chi connectivity index (χ3n) is 2.15. The number of aromatic carboxylic acids is 1. The van der Waals surface area contributed by atoms with E-state index in [0.717, 1.165) is 10.6 Å². The molecule has 2 heterocycles. The topological polar surface area (TPSA) is 63.1 Å². The Labute approximate surface area is 96.6 Å². The summed E-state index contributed by atoms with van der Waals surface area (Å²) < 4.78 is 0. The first-order chi connectivity index (χ1) is 7.72. The fourth-order valence-electron chi connectivity index (χ4n) is 1.38. The summed E-state index contributed by atoms with van der Waals surface area (Å²) in [5, 5.41) is 9.75. The third-order valence-corrected chi connectivity index (χ3v) is 3.29. The minimum absolute atomic E-state index is 0.328. The second-order valence-electron chi connectivity index (χ2n) is 3.19. The van der Waals surface area contributed by atoms with Crippen LogP contribution in [0.25, 0.3) is 10.6 Å². The summed E-state index contributed by atoms with van der Waals surface area (Å²) in [5.41, 5.74) is 1.55. The Morgan fingerprint density at radius 3 is 2.62 bits per heavy atom. The molecule has 4 nitrogen and oxygen atoms in total. The van der Waals surface area contributed by atoms with Crippen molar-refractivity contribution in [3.05, 3.63) is 35.1 Å². The molecule has 0 aliphatic heterocycles. The molecule has 0 unspecified atom stereocenters. The molecule has 1 N–H and O–H groups in total. The molecule has 16 heavy (non-hydrogen) atoms. The zero-order chi connectivity index (χ0) is 11.5. The lowest BCUT2D eigenvalue weighted by Gasteiger charge is -1.92. The maximum absolute atomic E-state index is 11.0. The van der Waals surface area contributed by atoms with Gasteiger partial charge in [-0.05, 0) is 18.6 Å². The van der Waals surface area contributed by atoms with Gasteiger partial charge in [0.2, 0.25) is 0 Å². The largest absolute Gasteiger partial charge is 0.477 e. The van der Waals surface area contributed by atoms with Crippen LogP contribution in [0.2, 0.25) is 0 Å². The molecule has 0 saturated carbocycles. The maximum atomic E-state index is 11.0. The molecule has 0 atom stereocenters. The standard InChI is InChI=1S/C11H10N2O2S/c1-2-8-9(11(14)15)16-10(13-8)7-3-5-12-6-4-7/h3-6H,2H2,1H3,(H,14,15). The summed E-state index contributed by atoms with van der Waals surface area (Å²) in [5.74, 6) is -0.908. The zero-order valence-corrected chi connectivity index (χ0v) is 9.49. The van der Waals surface area contributed by atoms with Crippen LogP contribution in [0.5, 0.6) is 0 Å². The predicted molar refractivity (Wildman–Crippen MR) is 61.7 cm³/mol. The van der Waals surface area contributed by atoms with Crippen LogP contribution >= 0.6 is 11.3 Å². The van der Waals surface area contributed by atoms with Crippen molar-refractivity contribution in [2.75, 3.05) is 0 Å². The Bertz CT molecular complexity index is 508. The lowest BCUT2D eigenvalue weighted by molar-refractivity contribution is 0.0701. The molecule has 2 aromatic rings. The first-order valence-electron chi connectivity index (χ1n) is 4.85. The van der Waals surface area contributed by atoms with E-state index in [4.69, 9.17) is 5.11 Å². The number of carboxylic acids is 1. The quantitative estimate of drug-likeness (QED) is 0.886. The van der Waals surface area contributed by atoms with Crippen LogP contribution in [0, 0.1) is 0 Å². The number of carboxylic acid groups (broad SMARTS) is 1. The molecular formula is C11H10N2O2S. The monoisotopic (exact) mass is 234 g/mol. The van der Waals surface area contributed by atoms with Gasteiger partial charge in [0.25, 0.3) is 0 Å². The van der Waals surface area contributed by atoms with Crippen molar-refractivity contribution in [2.24, 2.45) is 0 Å². The van der Waals surface area contributed by atoms with Gasteiger partial charge in [-0.2, -0.15) is 0 Å². The first-order valence-corrected chi connectivity index (χ1v) is 5.67. The Hall–Kier alpha value is -1.75. The van der Waals surface area contributed by atoms with Gasteiger partial charge in [0.1, 0.15) is 9.88 Å². The van der Waals surface area contributed by atoms with Crippen molar-refractivity contribution in [3.63, 3.8) is 0 Å². The summed E-state index contributed by atoms with van der Waals surface area (Å²) >= 11 is 1.21. The van der Waals surface area contributed by atoms with Crippen molar-refractivity contribution < 1.29 is 9.90 Å². The van der Waals surface area contributed by atoms with Gasteiger partial charge in [-0.3, -0.25) is 4.98 Å². The van der Waals surface area contributed by atoms with Crippen molar-refractivity contribution in [2.45, 2.75) is 13.3 Å². The lowest BCUT2D eigenvalue weighted by atomic mass is 10.2. The fourth-order valence-corrected chi connectivity index (χ4v) is 2.37. The molecule has 0 bridgehead atoms.